The van der Waals surface area contributed by atoms with Crippen molar-refractivity contribution >= 4 is 45.8 Å². The van der Waals surface area contributed by atoms with Crippen LogP contribution in [0.15, 0.2) is 48.5 Å². The summed E-state index contributed by atoms with van der Waals surface area (Å²) in [7, 11) is 0. The summed E-state index contributed by atoms with van der Waals surface area (Å²) in [5.41, 5.74) is 2.15. The number of nitrogens with zero attached hydrogens (tertiary/aromatic N) is 1. The third kappa shape index (κ3) is 3.30. The van der Waals surface area contributed by atoms with Crippen molar-refractivity contribution in [1.82, 2.24) is 0 Å². The third-order valence-electron chi connectivity index (χ3n) is 3.58. The fourth-order valence-electron chi connectivity index (χ4n) is 2.51. The van der Waals surface area contributed by atoms with Crippen LogP contribution >= 0.6 is 22.6 Å². The van der Waals surface area contributed by atoms with Crippen LogP contribution in [0.2, 0.25) is 0 Å². The molecule has 1 N–H and O–H groups in total. The highest BCUT2D eigenvalue weighted by Gasteiger charge is 2.21. The quantitative estimate of drug-likeness (QED) is 0.791. The first-order valence-corrected chi connectivity index (χ1v) is 8.19. The monoisotopic (exact) mass is 406 g/mol. The molecule has 0 atom stereocenters. The smallest absolute Gasteiger partial charge is 0.255 e. The maximum absolute atomic E-state index is 12.3. The van der Waals surface area contributed by atoms with Crippen LogP contribution in [0.1, 0.15) is 23.2 Å². The normalized spacial score (nSPS) is 14.2. The molecule has 112 valence electrons. The van der Waals surface area contributed by atoms with Crippen LogP contribution in [0.4, 0.5) is 11.4 Å². The molecule has 2 aromatic rings. The minimum atomic E-state index is -0.150. The van der Waals surface area contributed by atoms with Crippen LogP contribution in [0.3, 0.4) is 0 Å². The Bertz CT molecular complexity index is 730. The van der Waals surface area contributed by atoms with Gasteiger partial charge in [0.2, 0.25) is 5.91 Å². The standard InChI is InChI=1S/C17H15IN2O2/c18-13-5-1-4-12(10-13)17(22)19-14-6-2-7-15(11-14)20-9-3-8-16(20)21/h1-2,4-7,10-11H,3,8-9H2,(H,19,22). The van der Waals surface area contributed by atoms with Crippen molar-refractivity contribution < 1.29 is 9.59 Å². The van der Waals surface area contributed by atoms with E-state index in [4.69, 9.17) is 0 Å². The molecule has 0 radical (unpaired) electrons. The highest BCUT2D eigenvalue weighted by atomic mass is 127. The third-order valence-corrected chi connectivity index (χ3v) is 4.25. The van der Waals surface area contributed by atoms with Gasteiger partial charge in [0.05, 0.1) is 0 Å². The molecule has 0 spiro atoms. The molecule has 2 aromatic carbocycles. The lowest BCUT2D eigenvalue weighted by Crippen LogP contribution is -2.23. The Morgan fingerprint density at radius 3 is 2.68 bits per heavy atom. The van der Waals surface area contributed by atoms with Gasteiger partial charge in [-0.05, 0) is 65.4 Å². The summed E-state index contributed by atoms with van der Waals surface area (Å²) in [4.78, 5) is 25.8. The van der Waals surface area contributed by atoms with E-state index >= 15 is 0 Å². The molecule has 22 heavy (non-hydrogen) atoms. The molecule has 0 bridgehead atoms. The van der Waals surface area contributed by atoms with Gasteiger partial charge in [-0.25, -0.2) is 0 Å². The van der Waals surface area contributed by atoms with Gasteiger partial charge in [0.1, 0.15) is 0 Å². The summed E-state index contributed by atoms with van der Waals surface area (Å²) in [5, 5.41) is 2.88. The van der Waals surface area contributed by atoms with E-state index in [2.05, 4.69) is 27.9 Å². The Morgan fingerprint density at radius 2 is 1.95 bits per heavy atom. The first-order chi connectivity index (χ1) is 10.6. The Kier molecular flexibility index (Phi) is 4.42. The van der Waals surface area contributed by atoms with Crippen molar-refractivity contribution in [1.29, 1.82) is 0 Å². The molecule has 1 heterocycles. The van der Waals surface area contributed by atoms with Gasteiger partial charge in [0, 0.05) is 33.5 Å². The molecule has 1 aliphatic rings. The summed E-state index contributed by atoms with van der Waals surface area (Å²) >= 11 is 2.18. The predicted molar refractivity (Wildman–Crippen MR) is 95.1 cm³/mol. The van der Waals surface area contributed by atoms with E-state index in [1.165, 1.54) is 0 Å². The summed E-state index contributed by atoms with van der Waals surface area (Å²) in [6.07, 6.45) is 1.48. The molecule has 3 rings (SSSR count). The van der Waals surface area contributed by atoms with Crippen molar-refractivity contribution in [2.24, 2.45) is 0 Å². The number of hydrogen-bond acceptors (Lipinski definition) is 2. The Hall–Kier alpha value is -1.89. The second-order valence-electron chi connectivity index (χ2n) is 5.16. The van der Waals surface area contributed by atoms with Gasteiger partial charge in [-0.15, -0.1) is 0 Å². The number of carbonyl (C=O) groups is 2. The topological polar surface area (TPSA) is 49.4 Å². The predicted octanol–water partition coefficient (Wildman–Crippen LogP) is 3.67. The van der Waals surface area contributed by atoms with Crippen LogP contribution in [-0.4, -0.2) is 18.4 Å². The van der Waals surface area contributed by atoms with E-state index in [0.717, 1.165) is 22.2 Å². The van der Waals surface area contributed by atoms with Crippen LogP contribution in [0, 0.1) is 3.57 Å². The maximum atomic E-state index is 12.3. The van der Waals surface area contributed by atoms with E-state index in [-0.39, 0.29) is 11.8 Å². The van der Waals surface area contributed by atoms with E-state index in [0.29, 0.717) is 17.7 Å². The zero-order valence-electron chi connectivity index (χ0n) is 11.9. The SMILES string of the molecule is O=C(Nc1cccc(N2CCCC2=O)c1)c1cccc(I)c1. The van der Waals surface area contributed by atoms with E-state index in [9.17, 15) is 9.59 Å². The van der Waals surface area contributed by atoms with Crippen LogP contribution in [0.25, 0.3) is 0 Å². The van der Waals surface area contributed by atoms with Crippen LogP contribution in [0.5, 0.6) is 0 Å². The Morgan fingerprint density at radius 1 is 1.14 bits per heavy atom. The Balaban J connectivity index is 1.78. The highest BCUT2D eigenvalue weighted by molar-refractivity contribution is 14.1. The molecular weight excluding hydrogens is 391 g/mol. The highest BCUT2D eigenvalue weighted by Crippen LogP contribution is 2.24. The number of anilines is 2. The zero-order valence-corrected chi connectivity index (χ0v) is 14.0. The van der Waals surface area contributed by atoms with Crippen LogP contribution in [-0.2, 0) is 4.79 Å². The van der Waals surface area contributed by atoms with Crippen molar-refractivity contribution in [2.75, 3.05) is 16.8 Å². The summed E-state index contributed by atoms with van der Waals surface area (Å²) in [6, 6.07) is 14.8. The molecular formula is C17H15IN2O2. The second kappa shape index (κ2) is 6.48. The molecule has 0 aromatic heterocycles. The summed E-state index contributed by atoms with van der Waals surface area (Å²) in [6.45, 7) is 0.743. The average Bonchev–Trinajstić information content (AvgIpc) is 2.94. The molecule has 4 nitrogen and oxygen atoms in total. The number of amides is 2. The maximum Gasteiger partial charge on any atom is 0.255 e. The minimum Gasteiger partial charge on any atom is -0.322 e. The van der Waals surface area contributed by atoms with Gasteiger partial charge in [0.15, 0.2) is 0 Å². The first-order valence-electron chi connectivity index (χ1n) is 7.11. The number of carbonyl (C=O) groups excluding carboxylic acids is 2. The first kappa shape index (κ1) is 15.0. The minimum absolute atomic E-state index is 0.140. The summed E-state index contributed by atoms with van der Waals surface area (Å²) < 4.78 is 1.02. The molecule has 0 aliphatic carbocycles. The number of rotatable bonds is 3. The fraction of sp³-hybridized carbons (Fsp3) is 0.176. The molecule has 0 unspecified atom stereocenters. The van der Waals surface area contributed by atoms with Gasteiger partial charge in [-0.3, -0.25) is 9.59 Å². The Labute approximate surface area is 142 Å². The van der Waals surface area contributed by atoms with Crippen LogP contribution < -0.4 is 10.2 Å². The number of nitrogens with one attached hydrogen (secondary N) is 1. The van der Waals surface area contributed by atoms with Gasteiger partial charge in [-0.1, -0.05) is 12.1 Å². The van der Waals surface area contributed by atoms with Crippen molar-refractivity contribution in [3.8, 4) is 0 Å². The van der Waals surface area contributed by atoms with E-state index in [1.807, 2.05) is 42.5 Å². The second-order valence-corrected chi connectivity index (χ2v) is 6.41. The van der Waals surface area contributed by atoms with Gasteiger partial charge < -0.3 is 10.2 Å². The fourth-order valence-corrected chi connectivity index (χ4v) is 3.05. The van der Waals surface area contributed by atoms with Gasteiger partial charge in [0.25, 0.3) is 5.91 Å². The van der Waals surface area contributed by atoms with E-state index in [1.54, 1.807) is 11.0 Å². The lowest BCUT2D eigenvalue weighted by atomic mass is 10.2. The number of halogens is 1. The number of hydrogen-bond donors (Lipinski definition) is 1. The zero-order chi connectivity index (χ0) is 15.5. The largest absolute Gasteiger partial charge is 0.322 e. The molecule has 1 fully saturated rings. The van der Waals surface area contributed by atoms with Crippen molar-refractivity contribution in [3.63, 3.8) is 0 Å². The lowest BCUT2D eigenvalue weighted by Gasteiger charge is -2.16. The van der Waals surface area contributed by atoms with Gasteiger partial charge in [-0.2, -0.15) is 0 Å². The van der Waals surface area contributed by atoms with Crippen molar-refractivity contribution in [3.05, 3.63) is 57.7 Å². The average molecular weight is 406 g/mol. The number of benzene rings is 2. The van der Waals surface area contributed by atoms with Gasteiger partial charge >= 0.3 is 0 Å². The molecule has 2 amide bonds. The molecule has 5 heteroatoms. The lowest BCUT2D eigenvalue weighted by molar-refractivity contribution is -0.117. The molecule has 0 saturated carbocycles. The molecule has 1 aliphatic heterocycles. The van der Waals surface area contributed by atoms with E-state index < -0.39 is 0 Å². The van der Waals surface area contributed by atoms with Crippen molar-refractivity contribution in [2.45, 2.75) is 12.8 Å². The molecule has 1 saturated heterocycles. The summed E-state index contributed by atoms with van der Waals surface area (Å²) in [5.74, 6) is -0.00972.